The molecule has 3 aliphatic rings. The van der Waals surface area contributed by atoms with Crippen molar-refractivity contribution in [2.24, 2.45) is 0 Å². The molecular weight excluding hydrogens is 367 g/mol. The van der Waals surface area contributed by atoms with E-state index in [9.17, 15) is 0 Å². The van der Waals surface area contributed by atoms with E-state index in [-0.39, 0.29) is 0 Å². The number of fused-ring (bicyclic) bond motifs is 6. The minimum Gasteiger partial charge on any atom is -0.300 e. The van der Waals surface area contributed by atoms with E-state index >= 15 is 4.57 Å². The largest absolute Gasteiger partial charge is 0.300 e. The maximum absolute atomic E-state index is 15.0. The van der Waals surface area contributed by atoms with Crippen LogP contribution in [-0.4, -0.2) is 81.9 Å². The molecule has 3 saturated heterocycles. The molecular formula is C15H39N4OPSi3. The van der Waals surface area contributed by atoms with Crippen molar-refractivity contribution >= 4 is 32.3 Å². The fourth-order valence-electron chi connectivity index (χ4n) is 4.00. The molecule has 2 bridgehead atoms. The first-order valence-corrected chi connectivity index (χ1v) is 21.3. The molecule has 3 aliphatic heterocycles. The van der Waals surface area contributed by atoms with Gasteiger partial charge in [-0.05, 0) is 0 Å². The molecule has 0 radical (unpaired) electrons. The van der Waals surface area contributed by atoms with Gasteiger partial charge in [0.1, 0.15) is 24.7 Å². The van der Waals surface area contributed by atoms with E-state index in [1.54, 1.807) is 0 Å². The van der Waals surface area contributed by atoms with Gasteiger partial charge in [-0.3, -0.25) is 22.5 Å². The lowest BCUT2D eigenvalue weighted by Crippen LogP contribution is -2.66. The average molecular weight is 407 g/mol. The van der Waals surface area contributed by atoms with Crippen molar-refractivity contribution in [1.29, 1.82) is 0 Å². The number of nitrogens with zero attached hydrogens (tertiary/aromatic N) is 4. The SMILES string of the molecule is C[Si](C)(C)N1CCN2CCN([Si](C)(C)C)P1(=O)N([Si](C)(C)C)CC2. The third kappa shape index (κ3) is 4.01. The van der Waals surface area contributed by atoms with Crippen LogP contribution in [-0.2, 0) is 4.57 Å². The van der Waals surface area contributed by atoms with Crippen LogP contribution in [0.3, 0.4) is 0 Å². The zero-order valence-corrected chi connectivity index (χ0v) is 21.3. The zero-order chi connectivity index (χ0) is 18.6. The summed E-state index contributed by atoms with van der Waals surface area (Å²) in [6.07, 6.45) is 0. The predicted molar refractivity (Wildman–Crippen MR) is 114 cm³/mol. The molecule has 0 N–H and O–H groups in total. The van der Waals surface area contributed by atoms with Crippen LogP contribution >= 0.6 is 7.59 Å². The van der Waals surface area contributed by atoms with E-state index in [1.165, 1.54) is 0 Å². The quantitative estimate of drug-likeness (QED) is 0.525. The standard InChI is InChI=1S/C15H39N4OPSi3/c1-22(2,3)17-13-10-16-11-14-18(23(4,5)6)21(17,20)19(15-12-16)24(7,8)9/h10-15H2,1-9H3. The first kappa shape index (κ1) is 21.0. The Bertz CT molecular complexity index is 441. The Morgan fingerprint density at radius 3 is 1.00 bits per heavy atom. The van der Waals surface area contributed by atoms with Gasteiger partial charge < -0.3 is 0 Å². The molecule has 3 fully saturated rings. The molecule has 24 heavy (non-hydrogen) atoms. The van der Waals surface area contributed by atoms with E-state index in [1.807, 2.05) is 0 Å². The Morgan fingerprint density at radius 1 is 0.542 bits per heavy atom. The van der Waals surface area contributed by atoms with Gasteiger partial charge in [-0.2, -0.15) is 0 Å². The van der Waals surface area contributed by atoms with Crippen molar-refractivity contribution in [3.8, 4) is 0 Å². The molecule has 0 saturated carbocycles. The summed E-state index contributed by atoms with van der Waals surface area (Å²) in [5.74, 6) is 0. The lowest BCUT2D eigenvalue weighted by atomic mass is 10.4. The molecule has 9 heteroatoms. The summed E-state index contributed by atoms with van der Waals surface area (Å²) in [6, 6.07) is 0. The summed E-state index contributed by atoms with van der Waals surface area (Å²) >= 11 is 0. The molecule has 0 unspecified atom stereocenters. The third-order valence-electron chi connectivity index (χ3n) is 5.15. The van der Waals surface area contributed by atoms with Crippen molar-refractivity contribution in [3.63, 3.8) is 0 Å². The molecule has 0 aliphatic carbocycles. The van der Waals surface area contributed by atoms with Crippen LogP contribution in [0.4, 0.5) is 0 Å². The van der Waals surface area contributed by atoms with Gasteiger partial charge in [0.2, 0.25) is 0 Å². The summed E-state index contributed by atoms with van der Waals surface area (Å²) in [6.45, 7) is 27.5. The van der Waals surface area contributed by atoms with Gasteiger partial charge in [0, 0.05) is 39.3 Å². The van der Waals surface area contributed by atoms with Gasteiger partial charge in [0.05, 0.1) is 0 Å². The Labute approximate surface area is 153 Å². The Morgan fingerprint density at radius 2 is 0.792 bits per heavy atom. The van der Waals surface area contributed by atoms with Crippen molar-refractivity contribution in [2.45, 2.75) is 58.9 Å². The van der Waals surface area contributed by atoms with Crippen molar-refractivity contribution in [2.75, 3.05) is 39.3 Å². The van der Waals surface area contributed by atoms with Gasteiger partial charge in [-0.1, -0.05) is 58.9 Å². The molecule has 0 amide bonds. The van der Waals surface area contributed by atoms with E-state index in [2.05, 4.69) is 76.8 Å². The highest BCUT2D eigenvalue weighted by Gasteiger charge is 2.55. The second-order valence-corrected chi connectivity index (χ2v) is 28.5. The first-order chi connectivity index (χ1) is 10.7. The van der Waals surface area contributed by atoms with Crippen LogP contribution in [0.1, 0.15) is 0 Å². The first-order valence-electron chi connectivity index (χ1n) is 9.35. The smallest absolute Gasteiger partial charge is 0.268 e. The molecule has 0 aromatic rings. The van der Waals surface area contributed by atoms with Crippen molar-refractivity contribution in [3.05, 3.63) is 0 Å². The molecule has 0 aromatic carbocycles. The Balaban J connectivity index is 2.69. The minimum atomic E-state index is -2.68. The summed E-state index contributed by atoms with van der Waals surface area (Å²) in [5.41, 5.74) is 0. The fraction of sp³-hybridized carbons (Fsp3) is 1.00. The van der Waals surface area contributed by atoms with E-state index in [4.69, 9.17) is 0 Å². The monoisotopic (exact) mass is 406 g/mol. The van der Waals surface area contributed by atoms with Crippen LogP contribution in [0.25, 0.3) is 0 Å². The van der Waals surface area contributed by atoms with E-state index in [0.717, 1.165) is 39.3 Å². The van der Waals surface area contributed by atoms with Crippen LogP contribution in [0.15, 0.2) is 0 Å². The summed E-state index contributed by atoms with van der Waals surface area (Å²) in [7, 11) is -7.78. The van der Waals surface area contributed by atoms with Crippen LogP contribution in [0.2, 0.25) is 58.9 Å². The number of hydrogen-bond donors (Lipinski definition) is 0. The molecule has 5 nitrogen and oxygen atoms in total. The summed E-state index contributed by atoms with van der Waals surface area (Å²) < 4.78 is 22.6. The fourth-order valence-corrected chi connectivity index (χ4v) is 20.3. The van der Waals surface area contributed by atoms with Crippen LogP contribution in [0.5, 0.6) is 0 Å². The lowest BCUT2D eigenvalue weighted by molar-refractivity contribution is 0.207. The zero-order valence-electron chi connectivity index (χ0n) is 17.4. The topological polar surface area (TPSA) is 30.0 Å². The summed E-state index contributed by atoms with van der Waals surface area (Å²) in [5, 5.41) is 0. The maximum Gasteiger partial charge on any atom is 0.268 e. The third-order valence-corrected chi connectivity index (χ3v) is 20.7. The molecule has 3 heterocycles. The minimum absolute atomic E-state index is 0.967. The average Bonchev–Trinajstić information content (AvgIpc) is 2.26. The predicted octanol–water partition coefficient (Wildman–Crippen LogP) is 3.83. The van der Waals surface area contributed by atoms with Gasteiger partial charge >= 0.3 is 0 Å². The molecule has 0 spiro atoms. The van der Waals surface area contributed by atoms with Gasteiger partial charge in [-0.25, -0.2) is 0 Å². The maximum atomic E-state index is 15.0. The molecule has 0 aromatic heterocycles. The molecule has 3 rings (SSSR count). The van der Waals surface area contributed by atoms with Crippen molar-refractivity contribution in [1.82, 2.24) is 17.9 Å². The Kier molecular flexibility index (Phi) is 5.88. The normalized spacial score (nSPS) is 32.5. The summed E-state index contributed by atoms with van der Waals surface area (Å²) in [4.78, 5) is 2.61. The van der Waals surface area contributed by atoms with Crippen LogP contribution < -0.4 is 0 Å². The van der Waals surface area contributed by atoms with E-state index < -0.39 is 32.3 Å². The number of hydrogen-bond acceptors (Lipinski definition) is 2. The molecule has 0 atom stereocenters. The molecule has 142 valence electrons. The van der Waals surface area contributed by atoms with Gasteiger partial charge in [0.25, 0.3) is 7.59 Å². The highest BCUT2D eigenvalue weighted by Crippen LogP contribution is 2.62. The highest BCUT2D eigenvalue weighted by molar-refractivity contribution is 7.62. The Hall–Kier alpha value is 0.721. The second-order valence-electron chi connectivity index (χ2n) is 10.2. The number of rotatable bonds is 3. The van der Waals surface area contributed by atoms with Crippen LogP contribution in [0, 0.1) is 0 Å². The van der Waals surface area contributed by atoms with Gasteiger partial charge in [-0.15, -0.1) is 0 Å². The highest BCUT2D eigenvalue weighted by atomic mass is 31.2. The van der Waals surface area contributed by atoms with Gasteiger partial charge in [0.15, 0.2) is 0 Å². The van der Waals surface area contributed by atoms with Crippen molar-refractivity contribution < 1.29 is 4.57 Å². The lowest BCUT2D eigenvalue weighted by Gasteiger charge is -2.59. The van der Waals surface area contributed by atoms with E-state index in [0.29, 0.717) is 0 Å². The second kappa shape index (κ2) is 6.71.